The third-order valence-electron chi connectivity index (χ3n) is 5.81. The first-order valence-corrected chi connectivity index (χ1v) is 10.8. The highest BCUT2D eigenvalue weighted by molar-refractivity contribution is 5.92. The predicted octanol–water partition coefficient (Wildman–Crippen LogP) is 3.07. The van der Waals surface area contributed by atoms with Crippen LogP contribution in [-0.4, -0.2) is 46.3 Å². The molecule has 0 aliphatic carbocycles. The number of esters is 1. The Morgan fingerprint density at radius 3 is 2.64 bits per heavy atom. The summed E-state index contributed by atoms with van der Waals surface area (Å²) in [6, 6.07) is 4.60. The maximum atomic E-state index is 14.3. The number of fused-ring (bicyclic) bond motifs is 2. The minimum Gasteiger partial charge on any atom is -0.462 e. The molecule has 12 heteroatoms. The second kappa shape index (κ2) is 9.70. The van der Waals surface area contributed by atoms with Gasteiger partial charge >= 0.3 is 12.1 Å². The van der Waals surface area contributed by atoms with E-state index in [0.29, 0.717) is 5.69 Å². The third kappa shape index (κ3) is 4.56. The number of halogens is 4. The molecular weight excluding hydrogens is 484 g/mol. The number of imidazole rings is 1. The van der Waals surface area contributed by atoms with Gasteiger partial charge in [-0.2, -0.15) is 13.2 Å². The molecule has 0 saturated carbocycles. The van der Waals surface area contributed by atoms with Gasteiger partial charge in [0, 0.05) is 49.6 Å². The largest absolute Gasteiger partial charge is 0.462 e. The quantitative estimate of drug-likeness (QED) is 0.235. The van der Waals surface area contributed by atoms with Crippen molar-refractivity contribution in [1.29, 1.82) is 0 Å². The van der Waals surface area contributed by atoms with Gasteiger partial charge in [-0.3, -0.25) is 9.59 Å². The number of hydrogen-bond donors (Lipinski definition) is 1. The lowest BCUT2D eigenvalue weighted by molar-refractivity contribution is -0.146. The van der Waals surface area contributed by atoms with Crippen molar-refractivity contribution in [1.82, 2.24) is 14.0 Å². The second-order valence-corrected chi connectivity index (χ2v) is 8.10. The molecule has 0 aliphatic rings. The van der Waals surface area contributed by atoms with Crippen molar-refractivity contribution in [2.24, 2.45) is 12.8 Å². The summed E-state index contributed by atoms with van der Waals surface area (Å²) in [5.74, 6) is -1.54. The zero-order valence-corrected chi connectivity index (χ0v) is 19.3. The first-order chi connectivity index (χ1) is 17.0. The van der Waals surface area contributed by atoms with Crippen molar-refractivity contribution < 1.29 is 31.8 Å². The number of benzene rings is 1. The van der Waals surface area contributed by atoms with E-state index in [1.54, 1.807) is 0 Å². The highest BCUT2D eigenvalue weighted by Crippen LogP contribution is 2.41. The SMILES string of the molecule is COCCOC(=O)[C@@H](N)Cc1ccc(-c2c(C(F)(F)F)c3cc(F)ccc3n(C)c2=O)c2nccn12. The average molecular weight is 506 g/mol. The Hall–Kier alpha value is -3.77. The lowest BCUT2D eigenvalue weighted by Gasteiger charge is -2.19. The Balaban J connectivity index is 1.88. The van der Waals surface area contributed by atoms with Crippen molar-refractivity contribution in [3.8, 4) is 11.1 Å². The summed E-state index contributed by atoms with van der Waals surface area (Å²) < 4.78 is 69.3. The number of ether oxygens (including phenoxy) is 2. The number of rotatable bonds is 7. The normalized spacial score (nSPS) is 12.9. The molecule has 0 radical (unpaired) electrons. The molecule has 1 aromatic carbocycles. The zero-order valence-electron chi connectivity index (χ0n) is 19.3. The second-order valence-electron chi connectivity index (χ2n) is 8.10. The summed E-state index contributed by atoms with van der Waals surface area (Å²) in [4.78, 5) is 29.5. The summed E-state index contributed by atoms with van der Waals surface area (Å²) in [5, 5.41) is -0.450. The number of methoxy groups -OCH3 is 1. The van der Waals surface area contributed by atoms with Crippen molar-refractivity contribution in [2.45, 2.75) is 18.6 Å². The van der Waals surface area contributed by atoms with Gasteiger partial charge in [0.2, 0.25) is 0 Å². The molecule has 4 rings (SSSR count). The molecular formula is C24H22F4N4O4. The number of nitrogens with two attached hydrogens (primary N) is 1. The minimum absolute atomic E-state index is 0.00791. The highest BCUT2D eigenvalue weighted by Gasteiger charge is 2.39. The number of pyridine rings is 2. The maximum Gasteiger partial charge on any atom is 0.417 e. The predicted molar refractivity (Wildman–Crippen MR) is 123 cm³/mol. The van der Waals surface area contributed by atoms with Crippen LogP contribution in [0.5, 0.6) is 0 Å². The summed E-state index contributed by atoms with van der Waals surface area (Å²) in [6.45, 7) is 0.222. The van der Waals surface area contributed by atoms with Crippen LogP contribution in [0, 0.1) is 5.82 Å². The molecule has 3 heterocycles. The molecule has 1 atom stereocenters. The van der Waals surface area contributed by atoms with Gasteiger partial charge in [0.1, 0.15) is 24.1 Å². The molecule has 0 bridgehead atoms. The lowest BCUT2D eigenvalue weighted by atomic mass is 9.96. The van der Waals surface area contributed by atoms with E-state index < -0.39 is 46.1 Å². The van der Waals surface area contributed by atoms with Gasteiger partial charge < -0.3 is 24.2 Å². The molecule has 3 aromatic heterocycles. The van der Waals surface area contributed by atoms with Crippen LogP contribution in [0.3, 0.4) is 0 Å². The molecule has 0 fully saturated rings. The van der Waals surface area contributed by atoms with Crippen LogP contribution in [0.2, 0.25) is 0 Å². The molecule has 4 aromatic rings. The number of aryl methyl sites for hydroxylation is 1. The molecule has 0 spiro atoms. The summed E-state index contributed by atoms with van der Waals surface area (Å²) in [7, 11) is 2.77. The first-order valence-electron chi connectivity index (χ1n) is 10.8. The molecule has 0 saturated heterocycles. The molecule has 0 amide bonds. The first kappa shape index (κ1) is 25.3. The van der Waals surface area contributed by atoms with E-state index in [1.807, 2.05) is 0 Å². The van der Waals surface area contributed by atoms with Crippen molar-refractivity contribution in [3.63, 3.8) is 0 Å². The topological polar surface area (TPSA) is 101 Å². The van der Waals surface area contributed by atoms with Crippen LogP contribution in [-0.2, 0) is 33.9 Å². The van der Waals surface area contributed by atoms with E-state index in [0.717, 1.165) is 22.8 Å². The van der Waals surface area contributed by atoms with E-state index in [1.165, 1.54) is 43.1 Å². The fraction of sp³-hybridized carbons (Fsp3) is 0.292. The fourth-order valence-electron chi connectivity index (χ4n) is 4.14. The minimum atomic E-state index is -4.97. The summed E-state index contributed by atoms with van der Waals surface area (Å²) in [6.07, 6.45) is -2.14. The monoisotopic (exact) mass is 506 g/mol. The van der Waals surface area contributed by atoms with Crippen LogP contribution in [0.1, 0.15) is 11.3 Å². The van der Waals surface area contributed by atoms with Gasteiger partial charge in [0.05, 0.1) is 23.3 Å². The molecule has 36 heavy (non-hydrogen) atoms. The third-order valence-corrected chi connectivity index (χ3v) is 5.81. The standard InChI is InChI=1S/C24H22F4N4O4/c1-31-18-6-3-13(25)11-16(18)20(24(26,27)28)19(22(31)33)15-5-4-14(32-8-7-30-21(15)32)12-17(29)23(34)36-10-9-35-2/h3-8,11,17H,9-10,12,29H2,1-2H3/t17-/m0/s1. The van der Waals surface area contributed by atoms with E-state index >= 15 is 0 Å². The highest BCUT2D eigenvalue weighted by atomic mass is 19.4. The molecule has 8 nitrogen and oxygen atoms in total. The van der Waals surface area contributed by atoms with Gasteiger partial charge in [-0.25, -0.2) is 9.37 Å². The molecule has 0 unspecified atom stereocenters. The average Bonchev–Trinajstić information content (AvgIpc) is 3.31. The van der Waals surface area contributed by atoms with Crippen molar-refractivity contribution in [2.75, 3.05) is 20.3 Å². The molecule has 190 valence electrons. The van der Waals surface area contributed by atoms with Crippen LogP contribution in [0.25, 0.3) is 27.7 Å². The summed E-state index contributed by atoms with van der Waals surface area (Å²) >= 11 is 0. The van der Waals surface area contributed by atoms with E-state index in [2.05, 4.69) is 4.98 Å². The number of carbonyl (C=O) groups is 1. The smallest absolute Gasteiger partial charge is 0.417 e. The number of alkyl halides is 3. The maximum absolute atomic E-state index is 14.3. The Morgan fingerprint density at radius 1 is 1.19 bits per heavy atom. The Morgan fingerprint density at radius 2 is 1.94 bits per heavy atom. The number of hydrogen-bond acceptors (Lipinski definition) is 6. The Bertz CT molecular complexity index is 1510. The van der Waals surface area contributed by atoms with Gasteiger partial charge in [-0.1, -0.05) is 0 Å². The van der Waals surface area contributed by atoms with Crippen LogP contribution in [0.15, 0.2) is 47.5 Å². The molecule has 2 N–H and O–H groups in total. The fourth-order valence-corrected chi connectivity index (χ4v) is 4.14. The van der Waals surface area contributed by atoms with E-state index in [4.69, 9.17) is 15.2 Å². The Kier molecular flexibility index (Phi) is 6.83. The summed E-state index contributed by atoms with van der Waals surface area (Å²) in [5.41, 5.74) is 3.47. The van der Waals surface area contributed by atoms with Gasteiger partial charge in [-0.05, 0) is 30.3 Å². The van der Waals surface area contributed by atoms with Crippen molar-refractivity contribution >= 4 is 22.5 Å². The van der Waals surface area contributed by atoms with Crippen LogP contribution >= 0.6 is 0 Å². The van der Waals surface area contributed by atoms with Gasteiger partial charge in [-0.15, -0.1) is 0 Å². The number of aromatic nitrogens is 3. The van der Waals surface area contributed by atoms with E-state index in [9.17, 15) is 27.2 Å². The Labute approximate surface area is 201 Å². The number of carbonyl (C=O) groups excluding carboxylic acids is 1. The van der Waals surface area contributed by atoms with Gasteiger partial charge in [0.25, 0.3) is 5.56 Å². The zero-order chi connectivity index (χ0) is 26.2. The van der Waals surface area contributed by atoms with E-state index in [-0.39, 0.29) is 36.4 Å². The van der Waals surface area contributed by atoms with Crippen molar-refractivity contribution in [3.05, 3.63) is 70.2 Å². The van der Waals surface area contributed by atoms with Crippen LogP contribution < -0.4 is 11.3 Å². The van der Waals surface area contributed by atoms with Gasteiger partial charge in [0.15, 0.2) is 0 Å². The van der Waals surface area contributed by atoms with Crippen LogP contribution in [0.4, 0.5) is 17.6 Å². The lowest BCUT2D eigenvalue weighted by Crippen LogP contribution is -2.35. The molecule has 0 aliphatic heterocycles. The number of nitrogens with zero attached hydrogens (tertiary/aromatic N) is 3.